The van der Waals surface area contributed by atoms with Crippen molar-refractivity contribution in [3.63, 3.8) is 0 Å². The van der Waals surface area contributed by atoms with Gasteiger partial charge in [0.25, 0.3) is 0 Å². The molecular formula is C67H85ClN12O25. The van der Waals surface area contributed by atoms with Crippen molar-refractivity contribution in [1.29, 1.82) is 0 Å². The molecule has 26 atom stereocenters. The second-order valence-corrected chi connectivity index (χ2v) is 26.7. The molecule has 37 nitrogen and oxygen atoms in total. The molecule has 7 aliphatic heterocycles. The van der Waals surface area contributed by atoms with Crippen LogP contribution in [0.3, 0.4) is 0 Å². The smallest absolute Gasteiger partial charge is 0.246 e. The number of guanidine groups is 2. The number of carbonyl (C=O) groups is 6. The first-order valence-corrected chi connectivity index (χ1v) is 34.1. The quantitative estimate of drug-likeness (QED) is 0.0440. The molecule has 0 bridgehead atoms. The zero-order valence-electron chi connectivity index (χ0n) is 56.0. The predicted molar refractivity (Wildman–Crippen MR) is 360 cm³/mol. The molecule has 5 saturated heterocycles. The van der Waals surface area contributed by atoms with Crippen LogP contribution in [0.2, 0.25) is 5.02 Å². The van der Waals surface area contributed by atoms with Crippen molar-refractivity contribution in [2.75, 3.05) is 46.1 Å². The van der Waals surface area contributed by atoms with Gasteiger partial charge >= 0.3 is 0 Å². The number of nitrogens with zero attached hydrogens (tertiary/aromatic N) is 3. The third-order valence-corrected chi connectivity index (χ3v) is 19.6. The van der Waals surface area contributed by atoms with E-state index in [2.05, 4.69) is 47.2 Å². The summed E-state index contributed by atoms with van der Waals surface area (Å²) in [7, 11) is 0. The maximum atomic E-state index is 15.2. The Balaban J connectivity index is 0.823. The fraction of sp³-hybridized carbons (Fsp3) is 0.522. The molecule has 105 heavy (non-hydrogen) atoms. The van der Waals surface area contributed by atoms with Crippen molar-refractivity contribution < 1.29 is 123 Å². The van der Waals surface area contributed by atoms with Crippen LogP contribution in [0.15, 0.2) is 113 Å². The standard InChI is InChI=1S/C67H85ClN12O25/c1-27(29-5-3-2-4-6-29)43-59(96)74-35(19-28-7-17-34(18-8-28)100-64-53(92)50(89)55(40(25-83)102-64)105-65-54(93)51(90)56-41(103-65)26-99-63(104-56)32-11-9-30(10-12-32)31-13-15-33(68)16-14-31)58(95)78-44(46(85)36-20-72-66(69)76-36)61(98)79-45(60(97)75-37(23-81)57(94)71-22-42(84)77-43)47(86)38-21-73-67(70)80(38)62-52(91)49(88)48(87)39(24-82)101-62/h2-18,27,35-41,43-56,62-65,81-83,85-93H,19-26H2,1H3,(H2,70,73)(H,71,94)(H,74,96)(H,75,97)(H,77,84)(H,78,95)(H,79,98)(H3,69,72,76). The van der Waals surface area contributed by atoms with Crippen molar-refractivity contribution in [3.05, 3.63) is 125 Å². The average molecular weight is 1490 g/mol. The molecule has 0 spiro atoms. The van der Waals surface area contributed by atoms with E-state index in [4.69, 9.17) is 56.2 Å². The molecule has 0 aromatic heterocycles. The number of fused-ring (bicyclic) bond motifs is 1. The predicted octanol–water partition coefficient (Wildman–Crippen LogP) is -8.53. The molecule has 11 rings (SSSR count). The number of ether oxygens (including phenoxy) is 7. The van der Waals surface area contributed by atoms with Gasteiger partial charge < -0.3 is 148 Å². The second-order valence-electron chi connectivity index (χ2n) is 26.3. The van der Waals surface area contributed by atoms with Gasteiger partial charge in [-0.2, -0.15) is 0 Å². The Hall–Kier alpha value is -8.39. The molecule has 4 aromatic carbocycles. The number of aliphatic hydroxyl groups is 12. The summed E-state index contributed by atoms with van der Waals surface area (Å²) in [4.78, 5) is 96.7. The Bertz CT molecular complexity index is 3750. The molecule has 570 valence electrons. The lowest BCUT2D eigenvalue weighted by Crippen LogP contribution is -2.70. The third-order valence-electron chi connectivity index (χ3n) is 19.4. The van der Waals surface area contributed by atoms with E-state index in [1.165, 1.54) is 24.3 Å². The first-order valence-electron chi connectivity index (χ1n) is 33.7. The Labute approximate surface area is 603 Å². The van der Waals surface area contributed by atoms with Crippen LogP contribution in [0, 0.1) is 0 Å². The number of halogens is 1. The highest BCUT2D eigenvalue weighted by molar-refractivity contribution is 6.30. The Morgan fingerprint density at radius 2 is 1.22 bits per heavy atom. The number of amides is 6. The van der Waals surface area contributed by atoms with Crippen molar-refractivity contribution >= 4 is 59.0 Å². The van der Waals surface area contributed by atoms with Crippen LogP contribution in [0.1, 0.15) is 35.8 Å². The number of aliphatic hydroxyl groups excluding tert-OH is 12. The van der Waals surface area contributed by atoms with Crippen LogP contribution in [0.5, 0.6) is 5.75 Å². The van der Waals surface area contributed by atoms with Gasteiger partial charge in [-0.25, -0.2) is 0 Å². The molecular weight excluding hydrogens is 1410 g/mol. The van der Waals surface area contributed by atoms with Crippen LogP contribution in [-0.4, -0.2) is 306 Å². The molecule has 23 N–H and O–H groups in total. The molecule has 7 aliphatic rings. The highest BCUT2D eigenvalue weighted by Gasteiger charge is 2.55. The lowest BCUT2D eigenvalue weighted by molar-refractivity contribution is -0.383. The van der Waals surface area contributed by atoms with Gasteiger partial charge in [0.1, 0.15) is 121 Å². The van der Waals surface area contributed by atoms with Crippen molar-refractivity contribution in [2.45, 2.75) is 172 Å². The topological polar surface area (TPSA) is 574 Å². The SMILES string of the molecule is CC(c1ccccc1)C1NC(=O)CNC(=O)C(CO)NC(=O)C(C(O)C2CN=C(N)N2C2OC(CO)C(O)C(O)C2O)NC(=O)C(C(O)C2CN=C(N)N2)NC(=O)C(Cc2ccc(OC3OC(CO)C(OC4OC5COC(c6ccc(-c7ccc(Cl)cc7)cc6)OC5C(O)C4O)C(O)C3O)cc2)NC1=O. The fourth-order valence-electron chi connectivity index (χ4n) is 13.4. The maximum Gasteiger partial charge on any atom is 0.246 e. The van der Waals surface area contributed by atoms with Crippen LogP contribution in [0.4, 0.5) is 0 Å². The number of hydrogen-bond acceptors (Lipinski definition) is 31. The molecule has 6 amide bonds. The van der Waals surface area contributed by atoms with E-state index >= 15 is 9.59 Å². The highest BCUT2D eigenvalue weighted by Crippen LogP contribution is 2.38. The van der Waals surface area contributed by atoms with E-state index < -0.39 is 239 Å². The zero-order valence-corrected chi connectivity index (χ0v) is 56.8. The van der Waals surface area contributed by atoms with Gasteiger partial charge in [0.05, 0.1) is 58.1 Å². The van der Waals surface area contributed by atoms with E-state index in [0.717, 1.165) is 16.0 Å². The Morgan fingerprint density at radius 3 is 1.88 bits per heavy atom. The van der Waals surface area contributed by atoms with Crippen LogP contribution in [0.25, 0.3) is 11.1 Å². The van der Waals surface area contributed by atoms with Gasteiger partial charge in [-0.1, -0.05) is 97.4 Å². The molecule has 5 fully saturated rings. The molecule has 26 unspecified atom stereocenters. The largest absolute Gasteiger partial charge is 0.462 e. The highest BCUT2D eigenvalue weighted by atomic mass is 35.5. The third kappa shape index (κ3) is 17.4. The number of nitrogens with two attached hydrogens (primary N) is 2. The van der Waals surface area contributed by atoms with E-state index in [-0.39, 0.29) is 30.4 Å². The summed E-state index contributed by atoms with van der Waals surface area (Å²) in [6.07, 6.45) is -31.0. The van der Waals surface area contributed by atoms with Gasteiger partial charge in [-0.15, -0.1) is 0 Å². The van der Waals surface area contributed by atoms with Gasteiger partial charge in [0.15, 0.2) is 30.7 Å². The fourth-order valence-corrected chi connectivity index (χ4v) is 13.5. The van der Waals surface area contributed by atoms with Crippen molar-refractivity contribution in [2.24, 2.45) is 21.5 Å². The van der Waals surface area contributed by atoms with Crippen LogP contribution >= 0.6 is 11.6 Å². The number of rotatable bonds is 18. The van der Waals surface area contributed by atoms with E-state index in [1.807, 2.05) is 24.3 Å². The minimum atomic E-state index is -2.35. The molecule has 38 heteroatoms. The minimum Gasteiger partial charge on any atom is -0.462 e. The number of benzene rings is 4. The minimum absolute atomic E-state index is 0.0521. The molecule has 0 saturated carbocycles. The molecule has 0 aliphatic carbocycles. The van der Waals surface area contributed by atoms with Crippen LogP contribution < -0.4 is 53.4 Å². The molecule has 0 radical (unpaired) electrons. The summed E-state index contributed by atoms with van der Waals surface area (Å²) in [5.41, 5.74) is 15.3. The molecule has 4 aromatic rings. The normalized spacial score (nSPS) is 35.4. The number of carbonyl (C=O) groups excluding carboxylic acids is 6. The monoisotopic (exact) mass is 1490 g/mol. The van der Waals surface area contributed by atoms with Gasteiger partial charge in [-0.05, 0) is 46.5 Å². The number of hydrogen-bond donors (Lipinski definition) is 21. The lowest BCUT2D eigenvalue weighted by atomic mass is 9.92. The summed E-state index contributed by atoms with van der Waals surface area (Å²) in [5, 5.41) is 152. The second kappa shape index (κ2) is 34.0. The molecule has 7 heterocycles. The van der Waals surface area contributed by atoms with Gasteiger partial charge in [0, 0.05) is 22.9 Å². The Morgan fingerprint density at radius 1 is 0.590 bits per heavy atom. The number of aliphatic imine (C=N–C) groups is 2. The zero-order chi connectivity index (χ0) is 75.2. The van der Waals surface area contributed by atoms with Crippen molar-refractivity contribution in [1.82, 2.24) is 42.1 Å². The van der Waals surface area contributed by atoms with E-state index in [9.17, 15) is 80.5 Å². The summed E-state index contributed by atoms with van der Waals surface area (Å²) < 4.78 is 41.7. The summed E-state index contributed by atoms with van der Waals surface area (Å²) in [5.74, 6) is -8.94. The average Bonchev–Trinajstić information content (AvgIpc) is 1.77. The summed E-state index contributed by atoms with van der Waals surface area (Å²) in [6.45, 7) is -3.25. The first kappa shape index (κ1) is 77.7. The number of nitrogens with one attached hydrogen (secondary N) is 7. The Kier molecular flexibility index (Phi) is 25.2. The van der Waals surface area contributed by atoms with E-state index in [1.54, 1.807) is 61.5 Å². The van der Waals surface area contributed by atoms with Crippen molar-refractivity contribution in [3.8, 4) is 16.9 Å². The van der Waals surface area contributed by atoms with E-state index in [0.29, 0.717) is 16.1 Å². The summed E-state index contributed by atoms with van der Waals surface area (Å²) >= 11 is 6.06. The lowest BCUT2D eigenvalue weighted by Gasteiger charge is -2.48. The van der Waals surface area contributed by atoms with Crippen LogP contribution in [-0.2, 0) is 63.6 Å². The van der Waals surface area contributed by atoms with Gasteiger partial charge in [-0.3, -0.25) is 38.8 Å². The van der Waals surface area contributed by atoms with Gasteiger partial charge in [0.2, 0.25) is 41.7 Å². The summed E-state index contributed by atoms with van der Waals surface area (Å²) in [6, 6.07) is 15.5. The maximum absolute atomic E-state index is 15.2. The first-order chi connectivity index (χ1) is 50.2.